The predicted octanol–water partition coefficient (Wildman–Crippen LogP) is 1.66. The molecule has 0 bridgehead atoms. The molecular formula is C16H23N3O2S. The lowest BCUT2D eigenvalue weighted by Crippen LogP contribution is -2.52. The van der Waals surface area contributed by atoms with Gasteiger partial charge < -0.3 is 15.3 Å². The fourth-order valence-electron chi connectivity index (χ4n) is 3.08. The number of aliphatic hydroxyl groups is 1. The van der Waals surface area contributed by atoms with Gasteiger partial charge >= 0.3 is 0 Å². The molecule has 2 fully saturated rings. The van der Waals surface area contributed by atoms with Gasteiger partial charge in [0.2, 0.25) is 0 Å². The molecule has 0 aliphatic carbocycles. The maximum Gasteiger partial charge on any atom is 0.255 e. The third kappa shape index (κ3) is 3.38. The lowest BCUT2D eigenvalue weighted by molar-refractivity contribution is -0.149. The van der Waals surface area contributed by atoms with Crippen LogP contribution >= 0.6 is 11.8 Å². The van der Waals surface area contributed by atoms with Gasteiger partial charge in [-0.05, 0) is 44.1 Å². The first kappa shape index (κ1) is 15.6. The second kappa shape index (κ2) is 6.46. The summed E-state index contributed by atoms with van der Waals surface area (Å²) in [5.74, 6) is 2.23. The summed E-state index contributed by atoms with van der Waals surface area (Å²) in [6.45, 7) is 3.39. The number of carbonyl (C=O) groups excluding carboxylic acids is 1. The Morgan fingerprint density at radius 3 is 2.86 bits per heavy atom. The standard InChI is InChI=1S/C16H23N3O2S/c1-12-3-2-4-14(17-12)18-13-5-8-19(9-6-13)15(20)16(21)7-10-22-11-16/h2-4,13,21H,5-11H2,1H3,(H,17,18). The van der Waals surface area contributed by atoms with Crippen molar-refractivity contribution in [3.63, 3.8) is 0 Å². The first-order valence-corrected chi connectivity index (χ1v) is 9.02. The average Bonchev–Trinajstić information content (AvgIpc) is 2.95. The highest BCUT2D eigenvalue weighted by Gasteiger charge is 2.42. The first-order chi connectivity index (χ1) is 10.6. The molecule has 2 aliphatic heterocycles. The molecule has 2 saturated heterocycles. The Kier molecular flexibility index (Phi) is 4.59. The fourth-order valence-corrected chi connectivity index (χ4v) is 4.31. The van der Waals surface area contributed by atoms with Crippen LogP contribution in [0.3, 0.4) is 0 Å². The Labute approximate surface area is 135 Å². The molecule has 2 aliphatic rings. The van der Waals surface area contributed by atoms with Crippen LogP contribution in [0.1, 0.15) is 25.0 Å². The first-order valence-electron chi connectivity index (χ1n) is 7.86. The zero-order valence-corrected chi connectivity index (χ0v) is 13.7. The van der Waals surface area contributed by atoms with E-state index in [1.54, 1.807) is 11.8 Å². The molecule has 0 spiro atoms. The monoisotopic (exact) mass is 321 g/mol. The van der Waals surface area contributed by atoms with Gasteiger partial charge in [-0.15, -0.1) is 0 Å². The molecule has 0 aromatic carbocycles. The van der Waals surface area contributed by atoms with Gasteiger partial charge in [0, 0.05) is 30.6 Å². The normalized spacial score (nSPS) is 26.2. The minimum absolute atomic E-state index is 0.0790. The number of hydrogen-bond donors (Lipinski definition) is 2. The average molecular weight is 321 g/mol. The number of aromatic nitrogens is 1. The van der Waals surface area contributed by atoms with E-state index in [9.17, 15) is 9.90 Å². The molecule has 6 heteroatoms. The van der Waals surface area contributed by atoms with E-state index in [1.807, 2.05) is 30.0 Å². The summed E-state index contributed by atoms with van der Waals surface area (Å²) in [6.07, 6.45) is 2.37. The predicted molar refractivity (Wildman–Crippen MR) is 89.1 cm³/mol. The van der Waals surface area contributed by atoms with Crippen molar-refractivity contribution in [1.82, 2.24) is 9.88 Å². The zero-order valence-electron chi connectivity index (χ0n) is 12.9. The van der Waals surface area contributed by atoms with E-state index in [0.29, 0.717) is 31.3 Å². The van der Waals surface area contributed by atoms with Gasteiger partial charge in [-0.2, -0.15) is 11.8 Å². The summed E-state index contributed by atoms with van der Waals surface area (Å²) in [5.41, 5.74) is -0.123. The Bertz CT molecular complexity index is 538. The van der Waals surface area contributed by atoms with Crippen molar-refractivity contribution in [2.24, 2.45) is 0 Å². The van der Waals surface area contributed by atoms with E-state index in [4.69, 9.17) is 0 Å². The highest BCUT2D eigenvalue weighted by atomic mass is 32.2. The van der Waals surface area contributed by atoms with Gasteiger partial charge in [-0.3, -0.25) is 4.79 Å². The minimum Gasteiger partial charge on any atom is -0.379 e. The maximum absolute atomic E-state index is 12.5. The van der Waals surface area contributed by atoms with Gasteiger partial charge in [0.05, 0.1) is 0 Å². The number of piperidine rings is 1. The smallest absolute Gasteiger partial charge is 0.255 e. The molecule has 1 aromatic rings. The van der Waals surface area contributed by atoms with Crippen LogP contribution in [0.5, 0.6) is 0 Å². The number of thioether (sulfide) groups is 1. The molecular weight excluding hydrogens is 298 g/mol. The van der Waals surface area contributed by atoms with E-state index in [-0.39, 0.29) is 5.91 Å². The molecule has 3 rings (SSSR count). The molecule has 3 heterocycles. The van der Waals surface area contributed by atoms with Gasteiger partial charge in [0.25, 0.3) is 5.91 Å². The third-order valence-corrected chi connectivity index (χ3v) is 5.60. The lowest BCUT2D eigenvalue weighted by atomic mass is 9.98. The highest BCUT2D eigenvalue weighted by molar-refractivity contribution is 7.99. The number of aryl methyl sites for hydroxylation is 1. The van der Waals surface area contributed by atoms with E-state index in [2.05, 4.69) is 10.3 Å². The second-order valence-electron chi connectivity index (χ2n) is 6.21. The minimum atomic E-state index is -1.12. The molecule has 22 heavy (non-hydrogen) atoms. The van der Waals surface area contributed by atoms with Crippen molar-refractivity contribution in [2.45, 2.75) is 37.8 Å². The molecule has 2 N–H and O–H groups in total. The van der Waals surface area contributed by atoms with E-state index < -0.39 is 5.60 Å². The third-order valence-electron chi connectivity index (χ3n) is 4.42. The topological polar surface area (TPSA) is 65.5 Å². The number of pyridine rings is 1. The van der Waals surface area contributed by atoms with Crippen LogP contribution in [0.4, 0.5) is 5.82 Å². The number of hydrogen-bond acceptors (Lipinski definition) is 5. The van der Waals surface area contributed by atoms with Crippen molar-refractivity contribution in [1.29, 1.82) is 0 Å². The van der Waals surface area contributed by atoms with Crippen molar-refractivity contribution in [3.05, 3.63) is 23.9 Å². The van der Waals surface area contributed by atoms with E-state index in [0.717, 1.165) is 30.1 Å². The second-order valence-corrected chi connectivity index (χ2v) is 7.31. The molecule has 1 aromatic heterocycles. The van der Waals surface area contributed by atoms with Crippen LogP contribution in [0.25, 0.3) is 0 Å². The van der Waals surface area contributed by atoms with Gasteiger partial charge in [0.15, 0.2) is 5.60 Å². The number of carbonyl (C=O) groups is 1. The largest absolute Gasteiger partial charge is 0.379 e. The molecule has 120 valence electrons. The summed E-state index contributed by atoms with van der Waals surface area (Å²) in [4.78, 5) is 18.7. The summed E-state index contributed by atoms with van der Waals surface area (Å²) >= 11 is 1.66. The van der Waals surface area contributed by atoms with Gasteiger partial charge in [0.1, 0.15) is 5.82 Å². The Hall–Kier alpha value is -1.27. The molecule has 1 unspecified atom stereocenters. The number of amides is 1. The summed E-state index contributed by atoms with van der Waals surface area (Å²) < 4.78 is 0. The number of nitrogens with zero attached hydrogens (tertiary/aromatic N) is 2. The Morgan fingerprint density at radius 2 is 2.23 bits per heavy atom. The van der Waals surface area contributed by atoms with Crippen molar-refractivity contribution < 1.29 is 9.90 Å². The number of nitrogens with one attached hydrogen (secondary N) is 1. The van der Waals surface area contributed by atoms with Crippen LogP contribution in [-0.4, -0.2) is 57.1 Å². The van der Waals surface area contributed by atoms with E-state index in [1.165, 1.54) is 0 Å². The summed E-state index contributed by atoms with van der Waals surface area (Å²) in [5, 5.41) is 13.9. The lowest BCUT2D eigenvalue weighted by Gasteiger charge is -2.36. The Morgan fingerprint density at radius 1 is 1.45 bits per heavy atom. The quantitative estimate of drug-likeness (QED) is 0.886. The van der Waals surface area contributed by atoms with Gasteiger partial charge in [-0.25, -0.2) is 4.98 Å². The highest BCUT2D eigenvalue weighted by Crippen LogP contribution is 2.30. The van der Waals surface area contributed by atoms with Crippen LogP contribution in [0, 0.1) is 6.92 Å². The van der Waals surface area contributed by atoms with Crippen LogP contribution < -0.4 is 5.32 Å². The number of likely N-dealkylation sites (tertiary alicyclic amines) is 1. The van der Waals surface area contributed by atoms with Crippen LogP contribution in [-0.2, 0) is 4.79 Å². The van der Waals surface area contributed by atoms with Gasteiger partial charge in [-0.1, -0.05) is 6.07 Å². The van der Waals surface area contributed by atoms with Crippen LogP contribution in [0.15, 0.2) is 18.2 Å². The molecule has 1 atom stereocenters. The maximum atomic E-state index is 12.5. The molecule has 0 radical (unpaired) electrons. The number of rotatable bonds is 3. The van der Waals surface area contributed by atoms with Crippen LogP contribution in [0.2, 0.25) is 0 Å². The van der Waals surface area contributed by atoms with Crippen molar-refractivity contribution in [2.75, 3.05) is 29.9 Å². The fraction of sp³-hybridized carbons (Fsp3) is 0.625. The van der Waals surface area contributed by atoms with E-state index >= 15 is 0 Å². The molecule has 0 saturated carbocycles. The number of anilines is 1. The zero-order chi connectivity index (χ0) is 15.6. The molecule has 1 amide bonds. The Balaban J connectivity index is 1.53. The molecule has 5 nitrogen and oxygen atoms in total. The van der Waals surface area contributed by atoms with Crippen molar-refractivity contribution >= 4 is 23.5 Å². The SMILES string of the molecule is Cc1cccc(NC2CCN(C(=O)C3(O)CCSC3)CC2)n1. The summed E-state index contributed by atoms with van der Waals surface area (Å²) in [7, 11) is 0. The summed E-state index contributed by atoms with van der Waals surface area (Å²) in [6, 6.07) is 6.29. The van der Waals surface area contributed by atoms with Crippen molar-refractivity contribution in [3.8, 4) is 0 Å².